The van der Waals surface area contributed by atoms with Crippen molar-refractivity contribution < 1.29 is 18.0 Å². The van der Waals surface area contributed by atoms with Crippen molar-refractivity contribution in [1.29, 1.82) is 0 Å². The molecule has 3 aromatic carbocycles. The van der Waals surface area contributed by atoms with Gasteiger partial charge in [0, 0.05) is 13.1 Å². The Morgan fingerprint density at radius 1 is 0.865 bits per heavy atom. The largest absolute Gasteiger partial charge is 0.354 e. The Balaban J connectivity index is 1.97. The molecular formula is C29H35N3O4S. The molecule has 0 aliphatic heterocycles. The highest BCUT2D eigenvalue weighted by atomic mass is 32.2. The molecule has 0 spiro atoms. The summed E-state index contributed by atoms with van der Waals surface area (Å²) in [5.41, 5.74) is 2.25. The number of nitrogens with one attached hydrogen (secondary N) is 1. The number of hydrogen-bond donors (Lipinski definition) is 1. The van der Waals surface area contributed by atoms with E-state index in [4.69, 9.17) is 0 Å². The number of anilines is 1. The minimum Gasteiger partial charge on any atom is -0.354 e. The number of aryl methyl sites for hydroxylation is 1. The molecular weight excluding hydrogens is 486 g/mol. The highest BCUT2D eigenvalue weighted by Crippen LogP contribution is 2.24. The van der Waals surface area contributed by atoms with E-state index >= 15 is 0 Å². The van der Waals surface area contributed by atoms with E-state index in [1.807, 2.05) is 45.0 Å². The summed E-state index contributed by atoms with van der Waals surface area (Å²) in [6.07, 6.45) is 0. The van der Waals surface area contributed by atoms with Crippen LogP contribution >= 0.6 is 0 Å². The first-order valence-corrected chi connectivity index (χ1v) is 13.8. The lowest BCUT2D eigenvalue weighted by Crippen LogP contribution is -2.51. The van der Waals surface area contributed by atoms with Gasteiger partial charge in [-0.15, -0.1) is 0 Å². The van der Waals surface area contributed by atoms with Crippen LogP contribution in [0.5, 0.6) is 0 Å². The summed E-state index contributed by atoms with van der Waals surface area (Å²) in [6, 6.07) is 23.4. The Bertz CT molecular complexity index is 1290. The number of nitrogens with zero attached hydrogens (tertiary/aromatic N) is 2. The molecule has 1 atom stereocenters. The summed E-state index contributed by atoms with van der Waals surface area (Å²) in [7, 11) is -4.04. The Morgan fingerprint density at radius 3 is 2.08 bits per heavy atom. The van der Waals surface area contributed by atoms with Crippen LogP contribution in [0, 0.1) is 12.8 Å². The fraction of sp³-hybridized carbons (Fsp3) is 0.310. The Morgan fingerprint density at radius 2 is 1.49 bits per heavy atom. The molecule has 0 fully saturated rings. The van der Waals surface area contributed by atoms with Gasteiger partial charge >= 0.3 is 0 Å². The lowest BCUT2D eigenvalue weighted by atomic mass is 10.1. The van der Waals surface area contributed by atoms with Crippen molar-refractivity contribution in [2.75, 3.05) is 17.4 Å². The van der Waals surface area contributed by atoms with Crippen LogP contribution in [-0.4, -0.2) is 44.3 Å². The Labute approximate surface area is 220 Å². The lowest BCUT2D eigenvalue weighted by Gasteiger charge is -2.32. The molecule has 0 aliphatic carbocycles. The number of para-hydroxylation sites is 1. The van der Waals surface area contributed by atoms with Gasteiger partial charge in [0.15, 0.2) is 0 Å². The molecule has 0 bridgehead atoms. The maximum Gasteiger partial charge on any atom is 0.264 e. The van der Waals surface area contributed by atoms with Gasteiger partial charge in [0.25, 0.3) is 10.0 Å². The van der Waals surface area contributed by atoms with Crippen molar-refractivity contribution in [3.63, 3.8) is 0 Å². The second-order valence-corrected chi connectivity index (χ2v) is 11.3. The summed E-state index contributed by atoms with van der Waals surface area (Å²) in [4.78, 5) is 28.3. The molecule has 0 aliphatic rings. The molecule has 3 aromatic rings. The molecule has 1 N–H and O–H groups in total. The smallest absolute Gasteiger partial charge is 0.264 e. The number of hydrogen-bond acceptors (Lipinski definition) is 4. The van der Waals surface area contributed by atoms with Gasteiger partial charge in [-0.3, -0.25) is 13.9 Å². The van der Waals surface area contributed by atoms with Crippen molar-refractivity contribution in [2.45, 2.75) is 45.2 Å². The number of sulfonamides is 1. The van der Waals surface area contributed by atoms with Crippen molar-refractivity contribution in [1.82, 2.24) is 10.2 Å². The van der Waals surface area contributed by atoms with E-state index in [0.29, 0.717) is 12.2 Å². The predicted molar refractivity (Wildman–Crippen MR) is 146 cm³/mol. The number of benzene rings is 3. The first-order chi connectivity index (χ1) is 17.6. The molecule has 7 nitrogen and oxygen atoms in total. The summed E-state index contributed by atoms with van der Waals surface area (Å²) in [5, 5.41) is 2.89. The number of rotatable bonds is 11. The van der Waals surface area contributed by atoms with E-state index in [1.165, 1.54) is 17.0 Å². The molecule has 0 saturated heterocycles. The van der Waals surface area contributed by atoms with Gasteiger partial charge in [0.2, 0.25) is 11.8 Å². The normalized spacial score (nSPS) is 12.1. The van der Waals surface area contributed by atoms with Gasteiger partial charge in [-0.05, 0) is 49.6 Å². The van der Waals surface area contributed by atoms with Crippen LogP contribution in [0.4, 0.5) is 5.69 Å². The third-order valence-corrected chi connectivity index (χ3v) is 7.73. The first-order valence-electron chi connectivity index (χ1n) is 12.3. The monoisotopic (exact) mass is 521 g/mol. The fourth-order valence-electron chi connectivity index (χ4n) is 3.88. The van der Waals surface area contributed by atoms with Crippen LogP contribution in [0.1, 0.15) is 31.9 Å². The van der Waals surface area contributed by atoms with Crippen LogP contribution < -0.4 is 9.62 Å². The summed E-state index contributed by atoms with van der Waals surface area (Å²) >= 11 is 0. The maximum absolute atomic E-state index is 13.8. The molecule has 2 amide bonds. The minimum atomic E-state index is -4.04. The van der Waals surface area contributed by atoms with Crippen LogP contribution in [-0.2, 0) is 26.2 Å². The fourth-order valence-corrected chi connectivity index (χ4v) is 5.32. The Kier molecular flexibility index (Phi) is 9.47. The first kappa shape index (κ1) is 27.9. The third-order valence-electron chi connectivity index (χ3n) is 5.94. The zero-order valence-electron chi connectivity index (χ0n) is 21.8. The number of carbonyl (C=O) groups excluding carboxylic acids is 2. The highest BCUT2D eigenvalue weighted by Gasteiger charge is 2.32. The van der Waals surface area contributed by atoms with Crippen molar-refractivity contribution in [2.24, 2.45) is 5.92 Å². The van der Waals surface area contributed by atoms with Crippen LogP contribution in [0.25, 0.3) is 0 Å². The SMILES string of the molecule is Cc1cccc(CN(C(=O)CN(c2ccccc2)S(=O)(=O)c2ccccc2)C(C)C(=O)NCC(C)C)c1. The third kappa shape index (κ3) is 7.43. The number of amides is 2. The Hall–Kier alpha value is -3.65. The van der Waals surface area contributed by atoms with Crippen LogP contribution in [0.3, 0.4) is 0 Å². The second-order valence-electron chi connectivity index (χ2n) is 9.49. The zero-order chi connectivity index (χ0) is 27.0. The summed E-state index contributed by atoms with van der Waals surface area (Å²) in [6.45, 7) is 7.81. The minimum absolute atomic E-state index is 0.0830. The van der Waals surface area contributed by atoms with E-state index in [1.54, 1.807) is 55.5 Å². The lowest BCUT2D eigenvalue weighted by molar-refractivity contribution is -0.139. The van der Waals surface area contributed by atoms with Gasteiger partial charge < -0.3 is 10.2 Å². The average molecular weight is 522 g/mol. The molecule has 37 heavy (non-hydrogen) atoms. The standard InChI is InChI=1S/C29H35N3O4S/c1-22(2)19-30-29(34)24(4)31(20-25-13-11-12-23(3)18-25)28(33)21-32(26-14-7-5-8-15-26)37(35,36)27-16-9-6-10-17-27/h5-18,22,24H,19-21H2,1-4H3,(H,30,34). The molecule has 0 radical (unpaired) electrons. The van der Waals surface area contributed by atoms with Crippen molar-refractivity contribution in [3.05, 3.63) is 96.1 Å². The molecule has 196 valence electrons. The second kappa shape index (κ2) is 12.5. The van der Waals surface area contributed by atoms with Gasteiger partial charge in [0.05, 0.1) is 10.6 Å². The van der Waals surface area contributed by atoms with Gasteiger partial charge in [-0.2, -0.15) is 0 Å². The quantitative estimate of drug-likeness (QED) is 0.406. The molecule has 1 unspecified atom stereocenters. The van der Waals surface area contributed by atoms with Gasteiger partial charge in [0.1, 0.15) is 12.6 Å². The topological polar surface area (TPSA) is 86.8 Å². The van der Waals surface area contributed by atoms with E-state index in [2.05, 4.69) is 5.32 Å². The number of carbonyl (C=O) groups is 2. The van der Waals surface area contributed by atoms with Gasteiger partial charge in [-0.25, -0.2) is 8.42 Å². The summed E-state index contributed by atoms with van der Waals surface area (Å²) in [5.74, 6) is -0.509. The maximum atomic E-state index is 13.8. The molecule has 0 heterocycles. The van der Waals surface area contributed by atoms with Crippen LogP contribution in [0.2, 0.25) is 0 Å². The van der Waals surface area contributed by atoms with E-state index < -0.39 is 28.5 Å². The van der Waals surface area contributed by atoms with E-state index in [0.717, 1.165) is 15.4 Å². The van der Waals surface area contributed by atoms with E-state index in [-0.39, 0.29) is 23.3 Å². The van der Waals surface area contributed by atoms with Gasteiger partial charge in [-0.1, -0.05) is 80.1 Å². The molecule has 0 saturated carbocycles. The average Bonchev–Trinajstić information content (AvgIpc) is 2.89. The zero-order valence-corrected chi connectivity index (χ0v) is 22.6. The van der Waals surface area contributed by atoms with Crippen molar-refractivity contribution in [3.8, 4) is 0 Å². The van der Waals surface area contributed by atoms with Crippen LogP contribution in [0.15, 0.2) is 89.8 Å². The molecule has 0 aromatic heterocycles. The van der Waals surface area contributed by atoms with Crippen molar-refractivity contribution >= 4 is 27.5 Å². The predicted octanol–water partition coefficient (Wildman–Crippen LogP) is 4.38. The summed E-state index contributed by atoms with van der Waals surface area (Å²) < 4.78 is 28.4. The highest BCUT2D eigenvalue weighted by molar-refractivity contribution is 7.92. The van der Waals surface area contributed by atoms with E-state index in [9.17, 15) is 18.0 Å². The molecule has 3 rings (SSSR count). The molecule has 8 heteroatoms.